The van der Waals surface area contributed by atoms with Crippen LogP contribution in [0.25, 0.3) is 0 Å². The quantitative estimate of drug-likeness (QED) is 0.826. The van der Waals surface area contributed by atoms with E-state index in [2.05, 4.69) is 29.2 Å². The van der Waals surface area contributed by atoms with Crippen LogP contribution in [0.2, 0.25) is 0 Å². The number of hydrogen-bond acceptors (Lipinski definition) is 2. The number of likely N-dealkylation sites (tertiary alicyclic amines) is 1. The van der Waals surface area contributed by atoms with E-state index in [0.29, 0.717) is 6.04 Å². The average molecular weight is 258 g/mol. The summed E-state index contributed by atoms with van der Waals surface area (Å²) in [5.74, 6) is 0.761. The molecule has 19 heavy (non-hydrogen) atoms. The van der Waals surface area contributed by atoms with Crippen LogP contribution >= 0.6 is 0 Å². The monoisotopic (exact) mass is 258 g/mol. The lowest BCUT2D eigenvalue weighted by Gasteiger charge is -2.37. The summed E-state index contributed by atoms with van der Waals surface area (Å²) in [6, 6.07) is 9.77. The zero-order valence-corrected chi connectivity index (χ0v) is 11.9. The standard InChI is InChI=1S/C17H26N2/c18-13-14-9-11-19(12-10-14)17-8-4-2-6-15-5-1-3-7-16(15)17/h1,3,5,7,14,17H,2,4,6,8-13,18H2. The molecule has 0 spiro atoms. The molecule has 2 N–H and O–H groups in total. The van der Waals surface area contributed by atoms with Crippen molar-refractivity contribution in [3.63, 3.8) is 0 Å². The van der Waals surface area contributed by atoms with E-state index in [1.165, 1.54) is 51.6 Å². The minimum Gasteiger partial charge on any atom is -0.330 e. The number of nitrogens with zero attached hydrogens (tertiary/aromatic N) is 1. The maximum Gasteiger partial charge on any atom is 0.0350 e. The molecule has 1 fully saturated rings. The molecule has 1 atom stereocenters. The number of rotatable bonds is 2. The Balaban J connectivity index is 1.77. The molecule has 1 saturated heterocycles. The van der Waals surface area contributed by atoms with Gasteiger partial charge in [0.1, 0.15) is 0 Å². The third kappa shape index (κ3) is 2.85. The van der Waals surface area contributed by atoms with Crippen molar-refractivity contribution in [2.24, 2.45) is 11.7 Å². The van der Waals surface area contributed by atoms with E-state index in [0.717, 1.165) is 12.5 Å². The molecule has 1 aliphatic heterocycles. The zero-order chi connectivity index (χ0) is 13.1. The number of piperidine rings is 1. The van der Waals surface area contributed by atoms with Gasteiger partial charge in [-0.1, -0.05) is 30.7 Å². The third-order valence-electron chi connectivity index (χ3n) is 5.01. The van der Waals surface area contributed by atoms with E-state index in [1.807, 2.05) is 0 Å². The topological polar surface area (TPSA) is 29.3 Å². The van der Waals surface area contributed by atoms with Gasteiger partial charge in [0.2, 0.25) is 0 Å². The van der Waals surface area contributed by atoms with E-state index < -0.39 is 0 Å². The third-order valence-corrected chi connectivity index (χ3v) is 5.01. The Kier molecular flexibility index (Phi) is 4.19. The van der Waals surface area contributed by atoms with Gasteiger partial charge >= 0.3 is 0 Å². The molecule has 2 aliphatic rings. The van der Waals surface area contributed by atoms with Gasteiger partial charge in [-0.05, 0) is 68.8 Å². The number of benzene rings is 1. The summed E-state index contributed by atoms with van der Waals surface area (Å²) < 4.78 is 0. The molecule has 104 valence electrons. The van der Waals surface area contributed by atoms with Crippen molar-refractivity contribution in [3.8, 4) is 0 Å². The first kappa shape index (κ1) is 13.1. The molecular formula is C17H26N2. The van der Waals surface area contributed by atoms with Crippen molar-refractivity contribution in [3.05, 3.63) is 35.4 Å². The van der Waals surface area contributed by atoms with Gasteiger partial charge in [0, 0.05) is 6.04 Å². The maximum absolute atomic E-state index is 5.81. The van der Waals surface area contributed by atoms with Crippen LogP contribution in [0.5, 0.6) is 0 Å². The van der Waals surface area contributed by atoms with Crippen LogP contribution in [0.15, 0.2) is 24.3 Å². The lowest BCUT2D eigenvalue weighted by Crippen LogP contribution is -2.38. The first-order chi connectivity index (χ1) is 9.38. The Hall–Kier alpha value is -0.860. The smallest absolute Gasteiger partial charge is 0.0350 e. The van der Waals surface area contributed by atoms with E-state index in [9.17, 15) is 0 Å². The highest BCUT2D eigenvalue weighted by Crippen LogP contribution is 2.35. The van der Waals surface area contributed by atoms with Crippen LogP contribution in [0.3, 0.4) is 0 Å². The molecule has 0 aromatic heterocycles. The van der Waals surface area contributed by atoms with Gasteiger partial charge in [0.15, 0.2) is 0 Å². The van der Waals surface area contributed by atoms with Crippen molar-refractivity contribution in [2.45, 2.75) is 44.6 Å². The summed E-state index contributed by atoms with van der Waals surface area (Å²) in [7, 11) is 0. The Morgan fingerprint density at radius 3 is 2.63 bits per heavy atom. The highest BCUT2D eigenvalue weighted by Gasteiger charge is 2.27. The molecule has 0 bridgehead atoms. The van der Waals surface area contributed by atoms with Gasteiger partial charge in [-0.25, -0.2) is 0 Å². The lowest BCUT2D eigenvalue weighted by atomic mass is 9.92. The molecule has 3 rings (SSSR count). The van der Waals surface area contributed by atoms with Crippen LogP contribution in [0.1, 0.15) is 49.3 Å². The van der Waals surface area contributed by atoms with Crippen molar-refractivity contribution in [2.75, 3.05) is 19.6 Å². The second-order valence-corrected chi connectivity index (χ2v) is 6.18. The van der Waals surface area contributed by atoms with Gasteiger partial charge in [0.05, 0.1) is 0 Å². The predicted octanol–water partition coefficient (Wildman–Crippen LogP) is 3.12. The first-order valence-electron chi connectivity index (χ1n) is 7.90. The number of fused-ring (bicyclic) bond motifs is 1. The van der Waals surface area contributed by atoms with Crippen LogP contribution in [-0.2, 0) is 6.42 Å². The fourth-order valence-electron chi connectivity index (χ4n) is 3.78. The highest BCUT2D eigenvalue weighted by molar-refractivity contribution is 5.31. The fourth-order valence-corrected chi connectivity index (χ4v) is 3.78. The fraction of sp³-hybridized carbons (Fsp3) is 0.647. The molecule has 2 nitrogen and oxygen atoms in total. The van der Waals surface area contributed by atoms with Gasteiger partial charge in [-0.3, -0.25) is 4.90 Å². The summed E-state index contributed by atoms with van der Waals surface area (Å²) in [5.41, 5.74) is 9.00. The van der Waals surface area contributed by atoms with E-state index >= 15 is 0 Å². The maximum atomic E-state index is 5.81. The molecule has 1 aromatic rings. The Morgan fingerprint density at radius 1 is 1.05 bits per heavy atom. The second-order valence-electron chi connectivity index (χ2n) is 6.18. The average Bonchev–Trinajstić information content (AvgIpc) is 2.70. The largest absolute Gasteiger partial charge is 0.330 e. The van der Waals surface area contributed by atoms with Gasteiger partial charge < -0.3 is 5.73 Å². The lowest BCUT2D eigenvalue weighted by molar-refractivity contribution is 0.128. The Labute approximate surface area is 117 Å². The highest BCUT2D eigenvalue weighted by atomic mass is 15.2. The molecule has 0 saturated carbocycles. The number of hydrogen-bond donors (Lipinski definition) is 1. The molecule has 1 aliphatic carbocycles. The summed E-state index contributed by atoms with van der Waals surface area (Å²) in [6.45, 7) is 3.34. The van der Waals surface area contributed by atoms with Crippen LogP contribution < -0.4 is 5.73 Å². The van der Waals surface area contributed by atoms with E-state index in [4.69, 9.17) is 5.73 Å². The van der Waals surface area contributed by atoms with E-state index in [-0.39, 0.29) is 0 Å². The molecular weight excluding hydrogens is 232 g/mol. The first-order valence-corrected chi connectivity index (χ1v) is 7.90. The molecule has 1 aromatic carbocycles. The summed E-state index contributed by atoms with van der Waals surface area (Å²) in [5, 5.41) is 0. The normalized spacial score (nSPS) is 25.8. The van der Waals surface area contributed by atoms with Gasteiger partial charge in [0.25, 0.3) is 0 Å². The van der Waals surface area contributed by atoms with Gasteiger partial charge in [-0.2, -0.15) is 0 Å². The summed E-state index contributed by atoms with van der Waals surface area (Å²) >= 11 is 0. The summed E-state index contributed by atoms with van der Waals surface area (Å²) in [4.78, 5) is 2.72. The van der Waals surface area contributed by atoms with Crippen molar-refractivity contribution in [1.29, 1.82) is 0 Å². The number of aryl methyl sites for hydroxylation is 1. The number of nitrogens with two attached hydrogens (primary N) is 1. The predicted molar refractivity (Wildman–Crippen MR) is 80.1 cm³/mol. The van der Waals surface area contributed by atoms with Crippen LogP contribution in [-0.4, -0.2) is 24.5 Å². The second kappa shape index (κ2) is 6.06. The van der Waals surface area contributed by atoms with Crippen molar-refractivity contribution >= 4 is 0 Å². The molecule has 2 heteroatoms. The van der Waals surface area contributed by atoms with Crippen LogP contribution in [0, 0.1) is 5.92 Å². The molecule has 0 radical (unpaired) electrons. The minimum absolute atomic E-state index is 0.664. The Morgan fingerprint density at radius 2 is 1.84 bits per heavy atom. The van der Waals surface area contributed by atoms with Crippen LogP contribution in [0.4, 0.5) is 0 Å². The Bertz CT molecular complexity index is 407. The summed E-state index contributed by atoms with van der Waals surface area (Å²) in [6.07, 6.45) is 7.91. The molecule has 0 amide bonds. The SMILES string of the molecule is NCC1CCN(C2CCCCc3ccccc32)CC1. The molecule has 1 unspecified atom stereocenters. The minimum atomic E-state index is 0.664. The zero-order valence-electron chi connectivity index (χ0n) is 11.9. The van der Waals surface area contributed by atoms with E-state index in [1.54, 1.807) is 11.1 Å². The van der Waals surface area contributed by atoms with Gasteiger partial charge in [-0.15, -0.1) is 0 Å². The van der Waals surface area contributed by atoms with Crippen molar-refractivity contribution < 1.29 is 0 Å². The molecule has 1 heterocycles. The van der Waals surface area contributed by atoms with Crippen molar-refractivity contribution in [1.82, 2.24) is 4.90 Å².